The fourth-order valence-corrected chi connectivity index (χ4v) is 2.15. The molecule has 2 N–H and O–H groups in total. The minimum atomic E-state index is -0.602. The monoisotopic (exact) mass is 266 g/mol. The van der Waals surface area contributed by atoms with Crippen LogP contribution in [-0.2, 0) is 0 Å². The van der Waals surface area contributed by atoms with Crippen molar-refractivity contribution in [3.8, 4) is 11.1 Å². The van der Waals surface area contributed by atoms with Crippen LogP contribution in [0.5, 0.6) is 0 Å². The maximum Gasteiger partial charge on any atom is 0.267 e. The lowest BCUT2D eigenvalue weighted by molar-refractivity contribution is 0.0996. The second-order valence-electron chi connectivity index (χ2n) is 4.45. The number of nitrogens with zero attached hydrogens (tertiary/aromatic N) is 1. The molecular weight excluding hydrogens is 255 g/mol. The molecule has 98 valence electrons. The summed E-state index contributed by atoms with van der Waals surface area (Å²) in [4.78, 5) is 15.9. The third-order valence-electron chi connectivity index (χ3n) is 3.11. The van der Waals surface area contributed by atoms with Crippen LogP contribution in [-0.4, -0.2) is 10.9 Å². The maximum atomic E-state index is 13.0. The first kappa shape index (κ1) is 12.3. The summed E-state index contributed by atoms with van der Waals surface area (Å²) in [5.74, 6) is -0.932. The van der Waals surface area contributed by atoms with E-state index in [1.165, 1.54) is 12.1 Å². The number of hydrogen-bond acceptors (Lipinski definition) is 2. The van der Waals surface area contributed by atoms with Gasteiger partial charge in [0.2, 0.25) is 0 Å². The number of pyridine rings is 1. The molecule has 0 bridgehead atoms. The molecule has 0 aliphatic rings. The molecule has 0 saturated heterocycles. The van der Waals surface area contributed by atoms with Gasteiger partial charge in [0, 0.05) is 10.9 Å². The number of amides is 1. The highest BCUT2D eigenvalue weighted by atomic mass is 19.1. The molecule has 2 aromatic carbocycles. The molecule has 0 aliphatic heterocycles. The molecule has 0 radical (unpaired) electrons. The lowest BCUT2D eigenvalue weighted by Gasteiger charge is -2.08. The first-order valence-corrected chi connectivity index (χ1v) is 6.11. The van der Waals surface area contributed by atoms with Gasteiger partial charge in [-0.05, 0) is 29.8 Å². The summed E-state index contributed by atoms with van der Waals surface area (Å²) < 4.78 is 13.0. The van der Waals surface area contributed by atoms with E-state index >= 15 is 0 Å². The predicted molar refractivity (Wildman–Crippen MR) is 75.7 cm³/mol. The number of hydrogen-bond donors (Lipinski definition) is 1. The number of nitrogens with two attached hydrogens (primary N) is 1. The lowest BCUT2D eigenvalue weighted by atomic mass is 10.0. The van der Waals surface area contributed by atoms with Crippen molar-refractivity contribution in [1.29, 1.82) is 0 Å². The molecule has 0 atom stereocenters. The second kappa shape index (κ2) is 4.74. The molecule has 3 rings (SSSR count). The van der Waals surface area contributed by atoms with Crippen LogP contribution in [0.4, 0.5) is 4.39 Å². The van der Waals surface area contributed by atoms with E-state index in [0.29, 0.717) is 16.6 Å². The fourth-order valence-electron chi connectivity index (χ4n) is 2.15. The van der Waals surface area contributed by atoms with Crippen molar-refractivity contribution in [3.05, 3.63) is 66.1 Å². The molecule has 0 fully saturated rings. The van der Waals surface area contributed by atoms with Gasteiger partial charge in [0.1, 0.15) is 11.5 Å². The predicted octanol–water partition coefficient (Wildman–Crippen LogP) is 3.14. The van der Waals surface area contributed by atoms with Gasteiger partial charge >= 0.3 is 0 Å². The van der Waals surface area contributed by atoms with Crippen molar-refractivity contribution in [3.63, 3.8) is 0 Å². The van der Waals surface area contributed by atoms with Gasteiger partial charge in [0.05, 0.1) is 5.52 Å². The number of fused-ring (bicyclic) bond motifs is 1. The van der Waals surface area contributed by atoms with Gasteiger partial charge in [-0.25, -0.2) is 9.37 Å². The Labute approximate surface area is 114 Å². The number of rotatable bonds is 2. The Balaban J connectivity index is 2.29. The molecule has 20 heavy (non-hydrogen) atoms. The highest BCUT2D eigenvalue weighted by Crippen LogP contribution is 2.26. The number of benzene rings is 2. The Morgan fingerprint density at radius 3 is 2.45 bits per heavy atom. The van der Waals surface area contributed by atoms with E-state index in [0.717, 1.165) is 5.39 Å². The third kappa shape index (κ3) is 2.12. The zero-order valence-electron chi connectivity index (χ0n) is 10.5. The molecule has 3 nitrogen and oxygen atoms in total. The lowest BCUT2D eigenvalue weighted by Crippen LogP contribution is -2.14. The van der Waals surface area contributed by atoms with E-state index in [9.17, 15) is 9.18 Å². The number of primary amides is 1. The van der Waals surface area contributed by atoms with E-state index in [-0.39, 0.29) is 11.5 Å². The summed E-state index contributed by atoms with van der Waals surface area (Å²) in [6, 6.07) is 15.2. The fraction of sp³-hybridized carbons (Fsp3) is 0. The molecule has 0 aliphatic carbocycles. The van der Waals surface area contributed by atoms with Gasteiger partial charge in [-0.3, -0.25) is 4.79 Å². The highest BCUT2D eigenvalue weighted by molar-refractivity contribution is 6.01. The summed E-state index contributed by atoms with van der Waals surface area (Å²) >= 11 is 0. The summed E-state index contributed by atoms with van der Waals surface area (Å²) in [6.45, 7) is 0. The molecule has 0 saturated carbocycles. The molecule has 1 amide bonds. The van der Waals surface area contributed by atoms with Gasteiger partial charge < -0.3 is 5.73 Å². The number of carbonyl (C=O) groups is 1. The van der Waals surface area contributed by atoms with Crippen LogP contribution in [0.25, 0.3) is 22.0 Å². The van der Waals surface area contributed by atoms with Crippen LogP contribution >= 0.6 is 0 Å². The van der Waals surface area contributed by atoms with E-state index in [1.807, 2.05) is 30.3 Å². The standard InChI is InChI=1S/C16H11FN2O/c17-12-7-5-10(6-8-12)13-9-11-3-1-2-4-14(11)19-15(13)16(18)20/h1-9H,(H2,18,20). The zero-order valence-corrected chi connectivity index (χ0v) is 10.5. The first-order valence-electron chi connectivity index (χ1n) is 6.11. The molecule has 3 aromatic rings. The van der Waals surface area contributed by atoms with Crippen molar-refractivity contribution in [2.75, 3.05) is 0 Å². The SMILES string of the molecule is NC(=O)c1nc2ccccc2cc1-c1ccc(F)cc1. The average molecular weight is 266 g/mol. The summed E-state index contributed by atoms with van der Waals surface area (Å²) in [5, 5.41) is 0.900. The Bertz CT molecular complexity index is 797. The minimum absolute atomic E-state index is 0.190. The Hall–Kier alpha value is -2.75. The Kier molecular flexibility index (Phi) is 2.91. The number of aromatic nitrogens is 1. The zero-order chi connectivity index (χ0) is 14.1. The van der Waals surface area contributed by atoms with Crippen LogP contribution < -0.4 is 5.73 Å². The van der Waals surface area contributed by atoms with Gasteiger partial charge in [0.25, 0.3) is 5.91 Å². The van der Waals surface area contributed by atoms with Crippen molar-refractivity contribution < 1.29 is 9.18 Å². The first-order chi connectivity index (χ1) is 9.65. The van der Waals surface area contributed by atoms with Gasteiger partial charge in [0.15, 0.2) is 0 Å². The molecule has 1 aromatic heterocycles. The van der Waals surface area contributed by atoms with Crippen molar-refractivity contribution in [1.82, 2.24) is 4.98 Å². The van der Waals surface area contributed by atoms with Crippen LogP contribution in [0.2, 0.25) is 0 Å². The number of para-hydroxylation sites is 1. The number of carbonyl (C=O) groups excluding carboxylic acids is 1. The van der Waals surface area contributed by atoms with Crippen LogP contribution in [0, 0.1) is 5.82 Å². The maximum absolute atomic E-state index is 13.0. The topological polar surface area (TPSA) is 56.0 Å². The van der Waals surface area contributed by atoms with E-state index < -0.39 is 5.91 Å². The van der Waals surface area contributed by atoms with Crippen LogP contribution in [0.15, 0.2) is 54.6 Å². The van der Waals surface area contributed by atoms with Crippen LogP contribution in [0.3, 0.4) is 0 Å². The van der Waals surface area contributed by atoms with E-state index in [1.54, 1.807) is 12.1 Å². The quantitative estimate of drug-likeness (QED) is 0.774. The largest absolute Gasteiger partial charge is 0.364 e. The molecule has 0 spiro atoms. The smallest absolute Gasteiger partial charge is 0.267 e. The molecule has 4 heteroatoms. The van der Waals surface area contributed by atoms with E-state index in [4.69, 9.17) is 5.73 Å². The highest BCUT2D eigenvalue weighted by Gasteiger charge is 2.13. The minimum Gasteiger partial charge on any atom is -0.364 e. The summed E-state index contributed by atoms with van der Waals surface area (Å²) in [6.07, 6.45) is 0. The molecule has 0 unspecified atom stereocenters. The van der Waals surface area contributed by atoms with Crippen LogP contribution in [0.1, 0.15) is 10.5 Å². The Morgan fingerprint density at radius 1 is 1.05 bits per heavy atom. The van der Waals surface area contributed by atoms with Gasteiger partial charge in [-0.2, -0.15) is 0 Å². The van der Waals surface area contributed by atoms with Gasteiger partial charge in [-0.15, -0.1) is 0 Å². The second-order valence-corrected chi connectivity index (χ2v) is 4.45. The average Bonchev–Trinajstić information content (AvgIpc) is 2.46. The summed E-state index contributed by atoms with van der Waals surface area (Å²) in [5.41, 5.74) is 7.60. The van der Waals surface area contributed by atoms with E-state index in [2.05, 4.69) is 4.98 Å². The third-order valence-corrected chi connectivity index (χ3v) is 3.11. The van der Waals surface area contributed by atoms with Crippen molar-refractivity contribution in [2.45, 2.75) is 0 Å². The number of halogens is 1. The normalized spacial score (nSPS) is 10.7. The molecule has 1 heterocycles. The van der Waals surface area contributed by atoms with Crippen molar-refractivity contribution >= 4 is 16.8 Å². The van der Waals surface area contributed by atoms with Crippen molar-refractivity contribution in [2.24, 2.45) is 5.73 Å². The summed E-state index contributed by atoms with van der Waals surface area (Å²) in [7, 11) is 0. The molecular formula is C16H11FN2O. The van der Waals surface area contributed by atoms with Gasteiger partial charge in [-0.1, -0.05) is 30.3 Å². The Morgan fingerprint density at radius 2 is 1.75 bits per heavy atom.